The number of anilines is 1. The Bertz CT molecular complexity index is 329. The van der Waals surface area contributed by atoms with Gasteiger partial charge in [0.2, 0.25) is 0 Å². The van der Waals surface area contributed by atoms with Gasteiger partial charge in [-0.25, -0.2) is 0 Å². The van der Waals surface area contributed by atoms with Crippen LogP contribution >= 0.6 is 0 Å². The van der Waals surface area contributed by atoms with E-state index in [2.05, 4.69) is 17.4 Å². The smallest absolute Gasteiger partial charge is 0.0359 e. The van der Waals surface area contributed by atoms with Gasteiger partial charge in [0, 0.05) is 12.2 Å². The molecule has 0 atom stereocenters. The topological polar surface area (TPSA) is 38.0 Å². The fourth-order valence-electron chi connectivity index (χ4n) is 2.70. The molecule has 1 fully saturated rings. The Morgan fingerprint density at radius 1 is 1.12 bits per heavy atom. The first-order valence-electron chi connectivity index (χ1n) is 6.90. The average molecular weight is 232 g/mol. The zero-order valence-corrected chi connectivity index (χ0v) is 10.6. The summed E-state index contributed by atoms with van der Waals surface area (Å²) in [4.78, 5) is 0. The van der Waals surface area contributed by atoms with E-state index in [1.807, 2.05) is 12.1 Å². The summed E-state index contributed by atoms with van der Waals surface area (Å²) in [5.74, 6) is 0.962. The van der Waals surface area contributed by atoms with Crippen molar-refractivity contribution in [1.29, 1.82) is 0 Å². The van der Waals surface area contributed by atoms with Crippen LogP contribution in [0.2, 0.25) is 0 Å². The van der Waals surface area contributed by atoms with Gasteiger partial charge in [0.25, 0.3) is 0 Å². The summed E-state index contributed by atoms with van der Waals surface area (Å²) in [6.45, 7) is 2.03. The SMILES string of the molecule is Nc1ccccc1CNCCC1CCCCC1. The second-order valence-electron chi connectivity index (χ2n) is 5.17. The van der Waals surface area contributed by atoms with Gasteiger partial charge in [-0.1, -0.05) is 50.3 Å². The summed E-state index contributed by atoms with van der Waals surface area (Å²) in [6.07, 6.45) is 8.54. The molecule has 1 aliphatic rings. The fraction of sp³-hybridized carbons (Fsp3) is 0.600. The Balaban J connectivity index is 1.64. The van der Waals surface area contributed by atoms with E-state index in [1.165, 1.54) is 44.1 Å². The zero-order chi connectivity index (χ0) is 11.9. The summed E-state index contributed by atoms with van der Waals surface area (Å²) < 4.78 is 0. The van der Waals surface area contributed by atoms with Crippen LogP contribution in [-0.2, 0) is 6.54 Å². The number of benzene rings is 1. The lowest BCUT2D eigenvalue weighted by Crippen LogP contribution is -2.19. The molecule has 2 heteroatoms. The van der Waals surface area contributed by atoms with E-state index in [4.69, 9.17) is 5.73 Å². The quantitative estimate of drug-likeness (QED) is 0.603. The Kier molecular flexibility index (Phi) is 4.87. The van der Waals surface area contributed by atoms with Gasteiger partial charge in [-0.15, -0.1) is 0 Å². The molecule has 0 heterocycles. The molecule has 0 bridgehead atoms. The highest BCUT2D eigenvalue weighted by atomic mass is 14.8. The van der Waals surface area contributed by atoms with Gasteiger partial charge in [0.1, 0.15) is 0 Å². The van der Waals surface area contributed by atoms with Crippen LogP contribution in [-0.4, -0.2) is 6.54 Å². The minimum Gasteiger partial charge on any atom is -0.398 e. The molecule has 0 aliphatic heterocycles. The molecule has 1 saturated carbocycles. The van der Waals surface area contributed by atoms with Gasteiger partial charge in [-0.2, -0.15) is 0 Å². The van der Waals surface area contributed by atoms with E-state index >= 15 is 0 Å². The second kappa shape index (κ2) is 6.65. The van der Waals surface area contributed by atoms with Crippen LogP contribution in [0.15, 0.2) is 24.3 Å². The van der Waals surface area contributed by atoms with Crippen LogP contribution in [0.4, 0.5) is 5.69 Å². The molecule has 2 nitrogen and oxygen atoms in total. The summed E-state index contributed by atoms with van der Waals surface area (Å²) >= 11 is 0. The van der Waals surface area contributed by atoms with Gasteiger partial charge in [-0.3, -0.25) is 0 Å². The van der Waals surface area contributed by atoms with Crippen molar-refractivity contribution in [1.82, 2.24) is 5.32 Å². The maximum Gasteiger partial charge on any atom is 0.0359 e. The van der Waals surface area contributed by atoms with E-state index in [0.717, 1.165) is 24.7 Å². The Labute approximate surface area is 105 Å². The van der Waals surface area contributed by atoms with Crippen LogP contribution in [0.3, 0.4) is 0 Å². The molecule has 0 amide bonds. The van der Waals surface area contributed by atoms with Crippen molar-refractivity contribution in [3.05, 3.63) is 29.8 Å². The molecule has 1 aromatic rings. The molecule has 1 aromatic carbocycles. The first-order chi connectivity index (χ1) is 8.36. The van der Waals surface area contributed by atoms with E-state index in [1.54, 1.807) is 0 Å². The van der Waals surface area contributed by atoms with Crippen LogP contribution in [0.25, 0.3) is 0 Å². The first kappa shape index (κ1) is 12.4. The van der Waals surface area contributed by atoms with E-state index in [-0.39, 0.29) is 0 Å². The normalized spacial score (nSPS) is 17.2. The first-order valence-corrected chi connectivity index (χ1v) is 6.90. The highest BCUT2D eigenvalue weighted by Gasteiger charge is 2.12. The Hall–Kier alpha value is -1.02. The predicted octanol–water partition coefficient (Wildman–Crippen LogP) is 3.33. The largest absolute Gasteiger partial charge is 0.398 e. The van der Waals surface area contributed by atoms with Gasteiger partial charge >= 0.3 is 0 Å². The maximum absolute atomic E-state index is 5.91. The van der Waals surface area contributed by atoms with Crippen molar-refractivity contribution in [3.63, 3.8) is 0 Å². The number of hydrogen-bond acceptors (Lipinski definition) is 2. The van der Waals surface area contributed by atoms with Crippen molar-refractivity contribution in [2.75, 3.05) is 12.3 Å². The summed E-state index contributed by atoms with van der Waals surface area (Å²) in [6, 6.07) is 8.11. The van der Waals surface area contributed by atoms with Crippen LogP contribution in [0.5, 0.6) is 0 Å². The number of para-hydroxylation sites is 1. The molecule has 94 valence electrons. The number of hydrogen-bond donors (Lipinski definition) is 2. The minimum atomic E-state index is 0.901. The van der Waals surface area contributed by atoms with E-state index in [9.17, 15) is 0 Å². The zero-order valence-electron chi connectivity index (χ0n) is 10.6. The maximum atomic E-state index is 5.91. The van der Waals surface area contributed by atoms with Crippen molar-refractivity contribution in [2.24, 2.45) is 5.92 Å². The van der Waals surface area contributed by atoms with Crippen molar-refractivity contribution in [3.8, 4) is 0 Å². The van der Waals surface area contributed by atoms with Crippen LogP contribution < -0.4 is 11.1 Å². The lowest BCUT2D eigenvalue weighted by molar-refractivity contribution is 0.334. The summed E-state index contributed by atoms with van der Waals surface area (Å²) in [7, 11) is 0. The summed E-state index contributed by atoms with van der Waals surface area (Å²) in [5.41, 5.74) is 8.02. The molecule has 0 spiro atoms. The molecule has 0 radical (unpaired) electrons. The van der Waals surface area contributed by atoms with Crippen LogP contribution in [0, 0.1) is 5.92 Å². The second-order valence-corrected chi connectivity index (χ2v) is 5.17. The van der Waals surface area contributed by atoms with E-state index < -0.39 is 0 Å². The van der Waals surface area contributed by atoms with Crippen LogP contribution in [0.1, 0.15) is 44.1 Å². The molecular formula is C15H24N2. The minimum absolute atomic E-state index is 0.901. The van der Waals surface area contributed by atoms with Gasteiger partial charge in [-0.05, 0) is 30.5 Å². The Morgan fingerprint density at radius 3 is 2.65 bits per heavy atom. The van der Waals surface area contributed by atoms with Gasteiger partial charge in [0.15, 0.2) is 0 Å². The Morgan fingerprint density at radius 2 is 1.88 bits per heavy atom. The molecule has 17 heavy (non-hydrogen) atoms. The standard InChI is InChI=1S/C15H24N2/c16-15-9-5-4-8-14(15)12-17-11-10-13-6-2-1-3-7-13/h4-5,8-9,13,17H,1-3,6-7,10-12,16H2. The third-order valence-corrected chi connectivity index (χ3v) is 3.82. The molecule has 0 unspecified atom stereocenters. The third kappa shape index (κ3) is 4.04. The number of nitrogens with one attached hydrogen (secondary N) is 1. The van der Waals surface area contributed by atoms with Crippen molar-refractivity contribution >= 4 is 5.69 Å². The lowest BCUT2D eigenvalue weighted by Gasteiger charge is -2.21. The van der Waals surface area contributed by atoms with Crippen molar-refractivity contribution in [2.45, 2.75) is 45.1 Å². The van der Waals surface area contributed by atoms with Crippen molar-refractivity contribution < 1.29 is 0 Å². The fourth-order valence-corrected chi connectivity index (χ4v) is 2.70. The third-order valence-electron chi connectivity index (χ3n) is 3.82. The number of nitrogens with two attached hydrogens (primary N) is 1. The lowest BCUT2D eigenvalue weighted by atomic mass is 9.87. The van der Waals surface area contributed by atoms with Gasteiger partial charge < -0.3 is 11.1 Å². The molecule has 0 aromatic heterocycles. The molecule has 3 N–H and O–H groups in total. The van der Waals surface area contributed by atoms with E-state index in [0.29, 0.717) is 0 Å². The number of nitrogen functional groups attached to an aromatic ring is 1. The predicted molar refractivity (Wildman–Crippen MR) is 73.8 cm³/mol. The number of rotatable bonds is 5. The molecular weight excluding hydrogens is 208 g/mol. The molecule has 2 rings (SSSR count). The highest BCUT2D eigenvalue weighted by Crippen LogP contribution is 2.25. The molecule has 0 saturated heterocycles. The molecule has 1 aliphatic carbocycles. The highest BCUT2D eigenvalue weighted by molar-refractivity contribution is 5.46. The average Bonchev–Trinajstić information content (AvgIpc) is 2.38. The van der Waals surface area contributed by atoms with Gasteiger partial charge in [0.05, 0.1) is 0 Å². The monoisotopic (exact) mass is 232 g/mol. The summed E-state index contributed by atoms with van der Waals surface area (Å²) in [5, 5.41) is 3.51.